The number of hydrogen-bond acceptors (Lipinski definition) is 9. The van der Waals surface area contributed by atoms with Crippen LogP contribution in [-0.2, 0) is 42.9 Å². The Labute approximate surface area is 205 Å². The molecule has 0 amide bonds. The molecule has 9 nitrogen and oxygen atoms in total. The maximum Gasteiger partial charge on any atom is 0.337 e. The summed E-state index contributed by atoms with van der Waals surface area (Å²) in [5, 5.41) is 0. The van der Waals surface area contributed by atoms with Gasteiger partial charge >= 0.3 is 23.9 Å². The van der Waals surface area contributed by atoms with E-state index >= 15 is 0 Å². The molecule has 0 aromatic heterocycles. The Balaban J connectivity index is 1.65. The number of cyclic esters (lactones) is 1. The first-order valence-corrected chi connectivity index (χ1v) is 12.4. The van der Waals surface area contributed by atoms with Gasteiger partial charge in [0.25, 0.3) is 0 Å². The fraction of sp³-hybridized carbons (Fsp3) is 0.769. The Morgan fingerprint density at radius 3 is 2.31 bits per heavy atom. The number of allylic oxidation sites excluding steroid dienone is 1. The van der Waals surface area contributed by atoms with E-state index in [2.05, 4.69) is 13.8 Å². The molecule has 194 valence electrons. The lowest BCUT2D eigenvalue weighted by Crippen LogP contribution is -2.61. The Kier molecular flexibility index (Phi) is 6.76. The SMILES string of the molecule is CC(=O)OC[C@@]1(C)C2CCC3(CO3)[C@@H](C/C=C3/C(=O)OC[C@H]3OC(C)=O)[C@]2(C)CC[C@H]1OC(C)=O. The van der Waals surface area contributed by atoms with E-state index in [4.69, 9.17) is 23.7 Å². The molecule has 0 bridgehead atoms. The summed E-state index contributed by atoms with van der Waals surface area (Å²) >= 11 is 0. The number of ether oxygens (including phenoxy) is 5. The van der Waals surface area contributed by atoms with Crippen LogP contribution in [0.25, 0.3) is 0 Å². The van der Waals surface area contributed by atoms with Crippen LogP contribution in [0.5, 0.6) is 0 Å². The highest BCUT2D eigenvalue weighted by atomic mass is 16.6. The van der Waals surface area contributed by atoms with Gasteiger partial charge in [0, 0.05) is 26.2 Å². The molecule has 7 atom stereocenters. The second-order valence-electron chi connectivity index (χ2n) is 11.0. The van der Waals surface area contributed by atoms with E-state index in [1.54, 1.807) is 0 Å². The van der Waals surface area contributed by atoms with Crippen LogP contribution in [0.3, 0.4) is 0 Å². The van der Waals surface area contributed by atoms with Crippen molar-refractivity contribution >= 4 is 23.9 Å². The van der Waals surface area contributed by atoms with Crippen molar-refractivity contribution in [1.29, 1.82) is 0 Å². The van der Waals surface area contributed by atoms with Crippen molar-refractivity contribution in [2.75, 3.05) is 19.8 Å². The number of hydrogen-bond donors (Lipinski definition) is 0. The van der Waals surface area contributed by atoms with Gasteiger partial charge in [-0.3, -0.25) is 14.4 Å². The summed E-state index contributed by atoms with van der Waals surface area (Å²) < 4.78 is 27.8. The van der Waals surface area contributed by atoms with Crippen molar-refractivity contribution in [1.82, 2.24) is 0 Å². The molecule has 2 aliphatic carbocycles. The normalized spacial score (nSPS) is 41.2. The van der Waals surface area contributed by atoms with Crippen LogP contribution in [0.2, 0.25) is 0 Å². The molecule has 1 spiro atoms. The third-order valence-electron chi connectivity index (χ3n) is 8.80. The van der Waals surface area contributed by atoms with Gasteiger partial charge in [-0.15, -0.1) is 0 Å². The third kappa shape index (κ3) is 4.71. The summed E-state index contributed by atoms with van der Waals surface area (Å²) in [5.41, 5.74) is -0.661. The zero-order valence-electron chi connectivity index (χ0n) is 21.2. The molecule has 2 aliphatic heterocycles. The minimum atomic E-state index is -0.697. The maximum atomic E-state index is 12.4. The molecule has 0 radical (unpaired) electrons. The van der Waals surface area contributed by atoms with Gasteiger partial charge in [0.1, 0.15) is 19.3 Å². The average molecular weight is 493 g/mol. The van der Waals surface area contributed by atoms with Crippen LogP contribution in [0.4, 0.5) is 0 Å². The molecule has 0 N–H and O–H groups in total. The van der Waals surface area contributed by atoms with E-state index in [-0.39, 0.29) is 54.1 Å². The topological polar surface area (TPSA) is 118 Å². The Morgan fingerprint density at radius 1 is 1.03 bits per heavy atom. The van der Waals surface area contributed by atoms with Crippen molar-refractivity contribution in [3.63, 3.8) is 0 Å². The minimum absolute atomic E-state index is 0.0287. The highest BCUT2D eigenvalue weighted by Gasteiger charge is 2.67. The van der Waals surface area contributed by atoms with Crippen LogP contribution < -0.4 is 0 Å². The van der Waals surface area contributed by atoms with Crippen LogP contribution in [-0.4, -0.2) is 61.5 Å². The molecule has 4 fully saturated rings. The zero-order valence-corrected chi connectivity index (χ0v) is 21.2. The summed E-state index contributed by atoms with van der Waals surface area (Å²) in [6.45, 7) is 9.26. The fourth-order valence-corrected chi connectivity index (χ4v) is 7.14. The highest BCUT2D eigenvalue weighted by Crippen LogP contribution is 2.66. The summed E-state index contributed by atoms with van der Waals surface area (Å²) in [6.07, 6.45) is 4.51. The maximum absolute atomic E-state index is 12.4. The van der Waals surface area contributed by atoms with E-state index < -0.39 is 23.5 Å². The average Bonchev–Trinajstić information content (AvgIpc) is 3.45. The molecule has 2 heterocycles. The summed E-state index contributed by atoms with van der Waals surface area (Å²) in [4.78, 5) is 47.5. The molecule has 4 aliphatic rings. The predicted molar refractivity (Wildman–Crippen MR) is 122 cm³/mol. The first-order valence-electron chi connectivity index (χ1n) is 12.4. The van der Waals surface area contributed by atoms with Gasteiger partial charge in [0.05, 0.1) is 17.8 Å². The molecule has 2 saturated carbocycles. The molecular weight excluding hydrogens is 456 g/mol. The van der Waals surface area contributed by atoms with E-state index in [0.29, 0.717) is 25.0 Å². The molecule has 4 rings (SSSR count). The summed E-state index contributed by atoms with van der Waals surface area (Å²) in [7, 11) is 0. The zero-order chi connectivity index (χ0) is 25.6. The van der Waals surface area contributed by atoms with Crippen LogP contribution in [0, 0.1) is 22.7 Å². The van der Waals surface area contributed by atoms with Gasteiger partial charge in [0.2, 0.25) is 0 Å². The number of carbonyl (C=O) groups is 4. The van der Waals surface area contributed by atoms with Gasteiger partial charge in [-0.1, -0.05) is 19.9 Å². The second-order valence-corrected chi connectivity index (χ2v) is 11.0. The number of fused-ring (bicyclic) bond motifs is 1. The van der Waals surface area contributed by atoms with Crippen molar-refractivity contribution in [3.05, 3.63) is 11.6 Å². The molecule has 2 saturated heterocycles. The first-order chi connectivity index (χ1) is 16.4. The van der Waals surface area contributed by atoms with Gasteiger partial charge in [0.15, 0.2) is 6.10 Å². The number of epoxide rings is 1. The number of esters is 4. The van der Waals surface area contributed by atoms with Gasteiger partial charge in [-0.05, 0) is 49.4 Å². The van der Waals surface area contributed by atoms with Crippen molar-refractivity contribution in [2.45, 2.75) is 84.5 Å². The second kappa shape index (κ2) is 9.22. The van der Waals surface area contributed by atoms with E-state index in [0.717, 1.165) is 19.3 Å². The number of rotatable bonds is 6. The third-order valence-corrected chi connectivity index (χ3v) is 8.80. The molecule has 2 unspecified atom stereocenters. The number of carbonyl (C=O) groups excluding carboxylic acids is 4. The molecular formula is C26H36O9. The largest absolute Gasteiger partial charge is 0.465 e. The van der Waals surface area contributed by atoms with E-state index in [9.17, 15) is 19.2 Å². The highest BCUT2D eigenvalue weighted by molar-refractivity contribution is 5.92. The van der Waals surface area contributed by atoms with Crippen molar-refractivity contribution in [2.24, 2.45) is 22.7 Å². The van der Waals surface area contributed by atoms with Crippen LogP contribution in [0.15, 0.2) is 11.6 Å². The predicted octanol–water partition coefficient (Wildman–Crippen LogP) is 2.89. The Hall–Kier alpha value is -2.42. The standard InChI is InChI=1S/C26H36O9/c1-15(27)32-13-25(5)20-8-11-26(14-33-26)21(24(20,4)10-9-22(25)35-17(3)29)7-6-18-19(34-16(2)28)12-31-23(18)30/h6,19-22H,7-14H2,1-5H3/b18-6+/t19-,20?,21+,22-,24-,25+,26?/m1/s1. The van der Waals surface area contributed by atoms with Crippen molar-refractivity contribution in [3.8, 4) is 0 Å². The lowest BCUT2D eigenvalue weighted by atomic mass is 9.45. The Bertz CT molecular complexity index is 935. The van der Waals surface area contributed by atoms with Gasteiger partial charge < -0.3 is 23.7 Å². The quantitative estimate of drug-likeness (QED) is 0.239. The van der Waals surface area contributed by atoms with Crippen LogP contribution in [0.1, 0.15) is 66.7 Å². The Morgan fingerprint density at radius 2 is 1.71 bits per heavy atom. The smallest absolute Gasteiger partial charge is 0.337 e. The molecule has 9 heteroatoms. The van der Waals surface area contributed by atoms with Crippen LogP contribution >= 0.6 is 0 Å². The summed E-state index contributed by atoms with van der Waals surface area (Å²) in [5.74, 6) is -1.44. The first kappa shape index (κ1) is 25.7. The molecule has 0 aromatic rings. The molecule has 35 heavy (non-hydrogen) atoms. The molecule has 0 aromatic carbocycles. The lowest BCUT2D eigenvalue weighted by Gasteiger charge is -2.61. The fourth-order valence-electron chi connectivity index (χ4n) is 7.14. The van der Waals surface area contributed by atoms with Gasteiger partial charge in [-0.25, -0.2) is 4.79 Å². The van der Waals surface area contributed by atoms with E-state index in [1.807, 2.05) is 6.08 Å². The van der Waals surface area contributed by atoms with Crippen molar-refractivity contribution < 1.29 is 42.9 Å². The van der Waals surface area contributed by atoms with Gasteiger partial charge in [-0.2, -0.15) is 0 Å². The summed E-state index contributed by atoms with van der Waals surface area (Å²) in [6, 6.07) is 0. The minimum Gasteiger partial charge on any atom is -0.465 e. The van der Waals surface area contributed by atoms with E-state index in [1.165, 1.54) is 20.8 Å². The monoisotopic (exact) mass is 492 g/mol. The lowest BCUT2D eigenvalue weighted by molar-refractivity contribution is -0.201.